The lowest BCUT2D eigenvalue weighted by atomic mass is 10.0. The number of nitrogens with zero attached hydrogens (tertiary/aromatic N) is 4. The summed E-state index contributed by atoms with van der Waals surface area (Å²) in [4.78, 5) is 21.1. The van der Waals surface area contributed by atoms with E-state index in [0.29, 0.717) is 17.4 Å². The van der Waals surface area contributed by atoms with Crippen molar-refractivity contribution in [3.63, 3.8) is 0 Å². The molecule has 3 heterocycles. The molecule has 0 N–H and O–H groups in total. The van der Waals surface area contributed by atoms with Gasteiger partial charge in [-0.3, -0.25) is 14.3 Å². The van der Waals surface area contributed by atoms with Gasteiger partial charge in [-0.1, -0.05) is 30.3 Å². The molecule has 0 saturated heterocycles. The standard InChI is InChI=1S/C23H18N4O/c1-26-10-8-17-5-6-19(12-22(17)26)18-4-2-3-16(11-18)14-27-15-25-21-13-24-9-7-20(21)23(27)28/h2-13,15H,14H2,1H3. The first-order valence-electron chi connectivity index (χ1n) is 9.13. The largest absolute Gasteiger partial charge is 0.351 e. The number of aromatic nitrogens is 4. The SMILES string of the molecule is Cn1ccc2ccc(-c3cccc(Cn4cnc5cnccc5c4=O)c3)cc21. The molecule has 0 amide bonds. The monoisotopic (exact) mass is 366 g/mol. The Bertz CT molecular complexity index is 1380. The number of hydrogen-bond acceptors (Lipinski definition) is 3. The molecule has 0 radical (unpaired) electrons. The quantitative estimate of drug-likeness (QED) is 0.485. The second kappa shape index (κ2) is 6.46. The summed E-state index contributed by atoms with van der Waals surface area (Å²) in [5.74, 6) is 0. The van der Waals surface area contributed by atoms with Crippen molar-refractivity contribution in [2.75, 3.05) is 0 Å². The first kappa shape index (κ1) is 16.4. The average Bonchev–Trinajstić information content (AvgIpc) is 3.11. The molecule has 3 aromatic heterocycles. The van der Waals surface area contributed by atoms with E-state index in [4.69, 9.17) is 0 Å². The summed E-state index contributed by atoms with van der Waals surface area (Å²) in [7, 11) is 2.05. The van der Waals surface area contributed by atoms with Crippen LogP contribution in [0.5, 0.6) is 0 Å². The van der Waals surface area contributed by atoms with Crippen molar-refractivity contribution in [1.29, 1.82) is 0 Å². The highest BCUT2D eigenvalue weighted by Crippen LogP contribution is 2.25. The van der Waals surface area contributed by atoms with E-state index in [1.807, 2.05) is 12.1 Å². The lowest BCUT2D eigenvalue weighted by Gasteiger charge is -2.09. The molecule has 5 heteroatoms. The highest BCUT2D eigenvalue weighted by Gasteiger charge is 2.07. The molecule has 28 heavy (non-hydrogen) atoms. The molecule has 5 rings (SSSR count). The molecule has 0 aliphatic rings. The molecule has 136 valence electrons. The summed E-state index contributed by atoms with van der Waals surface area (Å²) in [5, 5.41) is 1.81. The first-order chi connectivity index (χ1) is 13.7. The van der Waals surface area contributed by atoms with Gasteiger partial charge in [0.2, 0.25) is 0 Å². The van der Waals surface area contributed by atoms with Gasteiger partial charge < -0.3 is 4.57 Å². The van der Waals surface area contributed by atoms with Gasteiger partial charge in [0.1, 0.15) is 0 Å². The van der Waals surface area contributed by atoms with Gasteiger partial charge in [0.15, 0.2) is 0 Å². The summed E-state index contributed by atoms with van der Waals surface area (Å²) in [6.45, 7) is 0.477. The summed E-state index contributed by atoms with van der Waals surface area (Å²) in [6, 6.07) is 18.6. The van der Waals surface area contributed by atoms with Gasteiger partial charge in [-0.15, -0.1) is 0 Å². The van der Waals surface area contributed by atoms with E-state index in [1.165, 1.54) is 10.9 Å². The number of pyridine rings is 1. The van der Waals surface area contributed by atoms with Crippen LogP contribution in [0.4, 0.5) is 0 Å². The van der Waals surface area contributed by atoms with Crippen molar-refractivity contribution in [1.82, 2.24) is 19.1 Å². The van der Waals surface area contributed by atoms with Crippen LogP contribution in [0.2, 0.25) is 0 Å². The maximum Gasteiger partial charge on any atom is 0.261 e. The summed E-state index contributed by atoms with van der Waals surface area (Å²) >= 11 is 0. The van der Waals surface area contributed by atoms with Gasteiger partial charge in [-0.05, 0) is 46.3 Å². The fraction of sp³-hybridized carbons (Fsp3) is 0.0870. The number of fused-ring (bicyclic) bond motifs is 2. The minimum atomic E-state index is -0.0527. The molecular weight excluding hydrogens is 348 g/mol. The third-order valence-corrected chi connectivity index (χ3v) is 5.13. The third kappa shape index (κ3) is 2.77. The van der Waals surface area contributed by atoms with Crippen LogP contribution in [0, 0.1) is 0 Å². The molecule has 0 unspecified atom stereocenters. The molecule has 0 bridgehead atoms. The second-order valence-corrected chi connectivity index (χ2v) is 6.97. The number of hydrogen-bond donors (Lipinski definition) is 0. The zero-order valence-electron chi connectivity index (χ0n) is 15.4. The van der Waals surface area contributed by atoms with E-state index in [1.54, 1.807) is 29.4 Å². The van der Waals surface area contributed by atoms with Crippen LogP contribution < -0.4 is 5.56 Å². The molecule has 0 spiro atoms. The van der Waals surface area contributed by atoms with Crippen LogP contribution in [0.1, 0.15) is 5.56 Å². The van der Waals surface area contributed by atoms with Crippen molar-refractivity contribution in [2.24, 2.45) is 7.05 Å². The van der Waals surface area contributed by atoms with Crippen molar-refractivity contribution >= 4 is 21.8 Å². The van der Waals surface area contributed by atoms with Crippen molar-refractivity contribution in [3.05, 3.63) is 95.4 Å². The highest BCUT2D eigenvalue weighted by molar-refractivity contribution is 5.85. The summed E-state index contributed by atoms with van der Waals surface area (Å²) < 4.78 is 3.76. The molecule has 5 nitrogen and oxygen atoms in total. The topological polar surface area (TPSA) is 52.7 Å². The molecule has 2 aromatic carbocycles. The summed E-state index contributed by atoms with van der Waals surface area (Å²) in [5.41, 5.74) is 5.11. The van der Waals surface area contributed by atoms with Crippen LogP contribution in [0.25, 0.3) is 32.9 Å². The maximum absolute atomic E-state index is 12.7. The molecule has 0 atom stereocenters. The normalized spacial score (nSPS) is 11.3. The molecular formula is C23H18N4O. The zero-order chi connectivity index (χ0) is 19.1. The van der Waals surface area contributed by atoms with Gasteiger partial charge in [-0.25, -0.2) is 4.98 Å². The van der Waals surface area contributed by atoms with E-state index in [9.17, 15) is 4.79 Å². The van der Waals surface area contributed by atoms with Gasteiger partial charge in [0.05, 0.1) is 30.0 Å². The Kier molecular flexibility index (Phi) is 3.79. The van der Waals surface area contributed by atoms with E-state index < -0.39 is 0 Å². The number of aryl methyl sites for hydroxylation is 1. The zero-order valence-corrected chi connectivity index (χ0v) is 15.4. The molecule has 0 saturated carbocycles. The Morgan fingerprint density at radius 1 is 1.00 bits per heavy atom. The van der Waals surface area contributed by atoms with Gasteiger partial charge in [0, 0.05) is 25.0 Å². The van der Waals surface area contributed by atoms with Gasteiger partial charge in [0.25, 0.3) is 5.56 Å². The lowest BCUT2D eigenvalue weighted by molar-refractivity contribution is 0.748. The minimum Gasteiger partial charge on any atom is -0.351 e. The Hall–Kier alpha value is -3.73. The fourth-order valence-corrected chi connectivity index (χ4v) is 3.61. The van der Waals surface area contributed by atoms with E-state index in [-0.39, 0.29) is 5.56 Å². The third-order valence-electron chi connectivity index (χ3n) is 5.13. The molecule has 0 aliphatic carbocycles. The first-order valence-corrected chi connectivity index (χ1v) is 9.13. The maximum atomic E-state index is 12.7. The van der Waals surface area contributed by atoms with Gasteiger partial charge in [-0.2, -0.15) is 0 Å². The van der Waals surface area contributed by atoms with Crippen molar-refractivity contribution < 1.29 is 0 Å². The average molecular weight is 366 g/mol. The van der Waals surface area contributed by atoms with Crippen LogP contribution >= 0.6 is 0 Å². The lowest BCUT2D eigenvalue weighted by Crippen LogP contribution is -2.21. The van der Waals surface area contributed by atoms with Gasteiger partial charge >= 0.3 is 0 Å². The smallest absolute Gasteiger partial charge is 0.261 e. The van der Waals surface area contributed by atoms with E-state index in [2.05, 4.69) is 64.2 Å². The molecule has 0 fully saturated rings. The Morgan fingerprint density at radius 3 is 2.82 bits per heavy atom. The predicted molar refractivity (Wildman–Crippen MR) is 111 cm³/mol. The molecule has 0 aliphatic heterocycles. The number of rotatable bonds is 3. The Balaban J connectivity index is 1.53. The predicted octanol–water partition coefficient (Wildman–Crippen LogP) is 4.00. The van der Waals surface area contributed by atoms with Crippen molar-refractivity contribution in [3.8, 4) is 11.1 Å². The second-order valence-electron chi connectivity index (χ2n) is 6.97. The van der Waals surface area contributed by atoms with E-state index >= 15 is 0 Å². The molecule has 5 aromatic rings. The van der Waals surface area contributed by atoms with Crippen LogP contribution in [0.15, 0.2) is 84.3 Å². The van der Waals surface area contributed by atoms with Crippen molar-refractivity contribution in [2.45, 2.75) is 6.54 Å². The van der Waals surface area contributed by atoms with E-state index in [0.717, 1.165) is 16.7 Å². The summed E-state index contributed by atoms with van der Waals surface area (Å²) in [6.07, 6.45) is 6.89. The van der Waals surface area contributed by atoms with Crippen LogP contribution in [-0.4, -0.2) is 19.1 Å². The number of benzene rings is 2. The fourth-order valence-electron chi connectivity index (χ4n) is 3.61. The minimum absolute atomic E-state index is 0.0527. The van der Waals surface area contributed by atoms with Crippen LogP contribution in [-0.2, 0) is 13.6 Å². The van der Waals surface area contributed by atoms with Crippen LogP contribution in [0.3, 0.4) is 0 Å². The Labute approximate surface area is 161 Å². The Morgan fingerprint density at radius 2 is 1.89 bits per heavy atom. The highest BCUT2D eigenvalue weighted by atomic mass is 16.1.